The van der Waals surface area contributed by atoms with Crippen molar-refractivity contribution in [2.75, 3.05) is 0 Å². The maximum absolute atomic E-state index is 11.4. The zero-order chi connectivity index (χ0) is 23.2. The van der Waals surface area contributed by atoms with Crippen LogP contribution >= 0.6 is 0 Å². The van der Waals surface area contributed by atoms with Crippen molar-refractivity contribution in [2.45, 2.75) is 154 Å². The molecule has 1 heteroatoms. The molecule has 2 unspecified atom stereocenters. The minimum absolute atomic E-state index is 0.279. The van der Waals surface area contributed by atoms with E-state index in [2.05, 4.69) is 27.7 Å². The summed E-state index contributed by atoms with van der Waals surface area (Å²) in [6.07, 6.45) is 13.6. The summed E-state index contributed by atoms with van der Waals surface area (Å²) in [7, 11) is 0. The predicted octanol–water partition coefficient (Wildman–Crippen LogP) is 10.3. The molecule has 1 nitrogen and oxygen atoms in total. The number of carbonyl (C=O) groups excluding carboxylic acids is 1. The first-order chi connectivity index (χ1) is 13.5. The first kappa shape index (κ1) is 35.1. The van der Waals surface area contributed by atoms with Gasteiger partial charge in [-0.15, -0.1) is 0 Å². The van der Waals surface area contributed by atoms with Crippen LogP contribution in [-0.4, -0.2) is 5.78 Å². The van der Waals surface area contributed by atoms with E-state index in [1.807, 2.05) is 55.4 Å². The minimum atomic E-state index is 0.279. The lowest BCUT2D eigenvalue weighted by molar-refractivity contribution is -0.121. The molecule has 174 valence electrons. The molecule has 2 atom stereocenters. The van der Waals surface area contributed by atoms with Gasteiger partial charge < -0.3 is 0 Å². The summed E-state index contributed by atoms with van der Waals surface area (Å²) in [6.45, 7) is 26.6. The summed E-state index contributed by atoms with van der Waals surface area (Å²) in [5.74, 6) is 0.659. The van der Waals surface area contributed by atoms with Gasteiger partial charge in [-0.2, -0.15) is 0 Å². The van der Waals surface area contributed by atoms with Gasteiger partial charge in [0.15, 0.2) is 0 Å². The van der Waals surface area contributed by atoms with Crippen LogP contribution in [-0.2, 0) is 4.79 Å². The van der Waals surface area contributed by atoms with Gasteiger partial charge in [0, 0.05) is 5.92 Å². The largest absolute Gasteiger partial charge is 0.300 e. The molecule has 0 aromatic carbocycles. The maximum Gasteiger partial charge on any atom is 0.132 e. The third kappa shape index (κ3) is 12.3. The summed E-state index contributed by atoms with van der Waals surface area (Å²) in [5.41, 5.74) is 1.20. The fourth-order valence-corrected chi connectivity index (χ4v) is 4.20. The second-order valence-corrected chi connectivity index (χ2v) is 7.37. The summed E-state index contributed by atoms with van der Waals surface area (Å²) < 4.78 is 0. The number of unbranched alkanes of at least 4 members (excludes halogenated alkanes) is 1. The Bertz CT molecular complexity index is 299. The second-order valence-electron chi connectivity index (χ2n) is 7.37. The third-order valence-electron chi connectivity index (χ3n) is 6.06. The van der Waals surface area contributed by atoms with Crippen molar-refractivity contribution in [3.05, 3.63) is 0 Å². The number of hydrogen-bond donors (Lipinski definition) is 0. The minimum Gasteiger partial charge on any atom is -0.300 e. The summed E-state index contributed by atoms with van der Waals surface area (Å²) in [6, 6.07) is 0. The van der Waals surface area contributed by atoms with Crippen LogP contribution in [0, 0.1) is 16.7 Å². The number of Topliss-reactive ketones (excluding diaryl/α,β-unsaturated/α-hetero) is 1. The lowest BCUT2D eigenvalue weighted by atomic mass is 9.75. The van der Waals surface area contributed by atoms with E-state index in [1.165, 1.54) is 57.8 Å². The third-order valence-corrected chi connectivity index (χ3v) is 6.06. The molecule has 0 aromatic rings. The predicted molar refractivity (Wildman–Crippen MR) is 133 cm³/mol. The van der Waals surface area contributed by atoms with E-state index < -0.39 is 0 Å². The molecule has 2 rings (SSSR count). The van der Waals surface area contributed by atoms with Gasteiger partial charge in [0.05, 0.1) is 0 Å². The summed E-state index contributed by atoms with van der Waals surface area (Å²) in [5, 5.41) is 0. The Morgan fingerprint density at radius 2 is 1.18 bits per heavy atom. The number of hydrogen-bond acceptors (Lipinski definition) is 1. The van der Waals surface area contributed by atoms with Crippen molar-refractivity contribution in [3.8, 4) is 0 Å². The lowest BCUT2D eigenvalue weighted by Crippen LogP contribution is -2.21. The van der Waals surface area contributed by atoms with Crippen LogP contribution in [0.4, 0.5) is 0 Å². The standard InChI is InChI=1S/C15H26O.C4H10.4C2H6/c1-4-14(10-12(2)13(3)16)11-15(14)8-6-5-7-9-15;1-3-4-2;4*1-2/h12H,4-11H2,1-3H3;3-4H2,1-2H3;4*1-2H3. The molecule has 0 heterocycles. The van der Waals surface area contributed by atoms with Crippen LogP contribution in [0.3, 0.4) is 0 Å². The topological polar surface area (TPSA) is 17.1 Å². The number of rotatable bonds is 5. The molecule has 0 aromatic heterocycles. The highest BCUT2D eigenvalue weighted by Crippen LogP contribution is 2.74. The van der Waals surface area contributed by atoms with Crippen LogP contribution in [0.25, 0.3) is 0 Å². The monoisotopic (exact) mass is 400 g/mol. The zero-order valence-electron chi connectivity index (χ0n) is 22.6. The van der Waals surface area contributed by atoms with Gasteiger partial charge in [-0.25, -0.2) is 0 Å². The molecule has 1 spiro atoms. The van der Waals surface area contributed by atoms with E-state index in [-0.39, 0.29) is 5.92 Å². The van der Waals surface area contributed by atoms with Crippen molar-refractivity contribution in [2.24, 2.45) is 16.7 Å². The average molecular weight is 401 g/mol. The van der Waals surface area contributed by atoms with Crippen molar-refractivity contribution < 1.29 is 4.79 Å². The fraction of sp³-hybridized carbons (Fsp3) is 0.963. The van der Waals surface area contributed by atoms with E-state index in [0.717, 1.165) is 6.42 Å². The Morgan fingerprint density at radius 3 is 1.46 bits per heavy atom. The van der Waals surface area contributed by atoms with E-state index in [4.69, 9.17) is 0 Å². The fourth-order valence-electron chi connectivity index (χ4n) is 4.20. The molecule has 2 fully saturated rings. The van der Waals surface area contributed by atoms with E-state index in [0.29, 0.717) is 16.6 Å². The van der Waals surface area contributed by atoms with Gasteiger partial charge in [0.1, 0.15) is 5.78 Å². The first-order valence-electron chi connectivity index (χ1n) is 13.0. The Morgan fingerprint density at radius 1 is 0.786 bits per heavy atom. The molecule has 0 radical (unpaired) electrons. The van der Waals surface area contributed by atoms with Gasteiger partial charge >= 0.3 is 0 Å². The van der Waals surface area contributed by atoms with Crippen LogP contribution < -0.4 is 0 Å². The molecule has 2 aliphatic rings. The molecule has 0 bridgehead atoms. The zero-order valence-corrected chi connectivity index (χ0v) is 22.6. The Kier molecular flexibility index (Phi) is 28.8. The van der Waals surface area contributed by atoms with Crippen LogP contribution in [0.15, 0.2) is 0 Å². The highest BCUT2D eigenvalue weighted by atomic mass is 16.1. The molecule has 0 saturated heterocycles. The normalized spacial score (nSPS) is 21.2. The van der Waals surface area contributed by atoms with Gasteiger partial charge in [-0.05, 0) is 49.9 Å². The highest BCUT2D eigenvalue weighted by Gasteiger charge is 2.64. The van der Waals surface area contributed by atoms with Gasteiger partial charge in [-0.3, -0.25) is 4.79 Å². The SMILES string of the molecule is CC.CC.CC.CC.CCC1(CC(C)C(C)=O)CC12CCCCC2.CCCC. The Hall–Kier alpha value is -0.330. The van der Waals surface area contributed by atoms with Gasteiger partial charge in [0.2, 0.25) is 0 Å². The summed E-state index contributed by atoms with van der Waals surface area (Å²) in [4.78, 5) is 11.4. The van der Waals surface area contributed by atoms with E-state index in [1.54, 1.807) is 6.92 Å². The number of carbonyl (C=O) groups is 1. The van der Waals surface area contributed by atoms with Crippen LogP contribution in [0.1, 0.15) is 154 Å². The van der Waals surface area contributed by atoms with Crippen LogP contribution in [0.2, 0.25) is 0 Å². The van der Waals surface area contributed by atoms with Crippen molar-refractivity contribution >= 4 is 5.78 Å². The summed E-state index contributed by atoms with van der Waals surface area (Å²) >= 11 is 0. The molecular formula is C27H60O. The average Bonchev–Trinajstić information content (AvgIpc) is 3.39. The molecular weight excluding hydrogens is 340 g/mol. The van der Waals surface area contributed by atoms with Crippen molar-refractivity contribution in [1.82, 2.24) is 0 Å². The Balaban J connectivity index is -0.000000203. The highest BCUT2D eigenvalue weighted by molar-refractivity contribution is 5.78. The molecule has 28 heavy (non-hydrogen) atoms. The molecule has 0 N–H and O–H groups in total. The molecule has 0 amide bonds. The molecule has 0 aliphatic heterocycles. The van der Waals surface area contributed by atoms with Gasteiger partial charge in [0.25, 0.3) is 0 Å². The van der Waals surface area contributed by atoms with Crippen molar-refractivity contribution in [1.29, 1.82) is 0 Å². The smallest absolute Gasteiger partial charge is 0.132 e. The molecule has 2 saturated carbocycles. The first-order valence-corrected chi connectivity index (χ1v) is 13.0. The van der Waals surface area contributed by atoms with Crippen LogP contribution in [0.5, 0.6) is 0 Å². The van der Waals surface area contributed by atoms with Crippen molar-refractivity contribution in [3.63, 3.8) is 0 Å². The number of ketones is 1. The van der Waals surface area contributed by atoms with E-state index >= 15 is 0 Å². The maximum atomic E-state index is 11.4. The molecule has 2 aliphatic carbocycles. The Labute approximate surface area is 181 Å². The lowest BCUT2D eigenvalue weighted by Gasteiger charge is -2.30. The van der Waals surface area contributed by atoms with Gasteiger partial charge in [-0.1, -0.05) is 115 Å². The second kappa shape index (κ2) is 23.0. The van der Waals surface area contributed by atoms with E-state index in [9.17, 15) is 4.79 Å². The quantitative estimate of drug-likeness (QED) is 0.448.